The number of aromatic nitrogens is 3. The molecule has 0 spiro atoms. The molecule has 2 aromatic rings. The second-order valence-electron chi connectivity index (χ2n) is 5.83. The van der Waals surface area contributed by atoms with E-state index in [9.17, 15) is 4.79 Å². The summed E-state index contributed by atoms with van der Waals surface area (Å²) < 4.78 is 1.78. The second-order valence-corrected chi connectivity index (χ2v) is 5.83. The van der Waals surface area contributed by atoms with Gasteiger partial charge in [0.1, 0.15) is 17.6 Å². The average molecular weight is 324 g/mol. The van der Waals surface area contributed by atoms with Crippen molar-refractivity contribution in [2.45, 2.75) is 26.3 Å². The molecule has 1 aliphatic rings. The van der Waals surface area contributed by atoms with Gasteiger partial charge in [0.05, 0.1) is 11.9 Å². The zero-order chi connectivity index (χ0) is 16.9. The summed E-state index contributed by atoms with van der Waals surface area (Å²) >= 11 is 0. The average Bonchev–Trinajstić information content (AvgIpc) is 3.09. The van der Waals surface area contributed by atoms with Crippen LogP contribution in [0.1, 0.15) is 25.5 Å². The fraction of sp³-hybridized carbons (Fsp3) is 0.412. The van der Waals surface area contributed by atoms with E-state index in [1.165, 1.54) is 0 Å². The quantitative estimate of drug-likeness (QED) is 0.930. The molecule has 24 heavy (non-hydrogen) atoms. The van der Waals surface area contributed by atoms with Gasteiger partial charge in [-0.25, -0.2) is 4.98 Å². The lowest BCUT2D eigenvalue weighted by Crippen LogP contribution is -2.38. The molecular weight excluding hydrogens is 304 g/mol. The molecule has 1 N–H and O–H groups in total. The second kappa shape index (κ2) is 7.13. The molecule has 0 bridgehead atoms. The van der Waals surface area contributed by atoms with Gasteiger partial charge in [-0.15, -0.1) is 0 Å². The minimum Gasteiger partial charge on any atom is -0.357 e. The predicted octanol–water partition coefficient (Wildman–Crippen LogP) is 2.02. The zero-order valence-electron chi connectivity index (χ0n) is 13.6. The third-order valence-electron chi connectivity index (χ3n) is 4.26. The molecule has 1 amide bonds. The Morgan fingerprint density at radius 3 is 2.88 bits per heavy atom. The number of pyridine rings is 1. The Morgan fingerprint density at radius 2 is 2.21 bits per heavy atom. The predicted molar refractivity (Wildman–Crippen MR) is 90.4 cm³/mol. The minimum atomic E-state index is -0.00891. The van der Waals surface area contributed by atoms with E-state index in [1.54, 1.807) is 16.9 Å². The first-order valence-corrected chi connectivity index (χ1v) is 8.15. The monoisotopic (exact) mass is 324 g/mol. The third-order valence-corrected chi connectivity index (χ3v) is 4.26. The van der Waals surface area contributed by atoms with Crippen LogP contribution in [0.3, 0.4) is 0 Å². The van der Waals surface area contributed by atoms with Crippen molar-refractivity contribution >= 4 is 17.4 Å². The maximum atomic E-state index is 12.4. The normalized spacial score (nSPS) is 15.1. The van der Waals surface area contributed by atoms with Crippen LogP contribution < -0.4 is 10.2 Å². The Bertz CT molecular complexity index is 754. The maximum Gasteiger partial charge on any atom is 0.227 e. The summed E-state index contributed by atoms with van der Waals surface area (Å²) in [6, 6.07) is 7.49. The van der Waals surface area contributed by atoms with Gasteiger partial charge in [-0.3, -0.25) is 9.48 Å². The summed E-state index contributed by atoms with van der Waals surface area (Å²) in [5.41, 5.74) is 1.16. The molecule has 1 saturated heterocycles. The van der Waals surface area contributed by atoms with Crippen molar-refractivity contribution in [3.8, 4) is 6.07 Å². The Labute approximate surface area is 140 Å². The number of anilines is 2. The fourth-order valence-corrected chi connectivity index (χ4v) is 2.88. The molecule has 0 aromatic carbocycles. The summed E-state index contributed by atoms with van der Waals surface area (Å²) in [7, 11) is 0. The topological polar surface area (TPSA) is 86.8 Å². The van der Waals surface area contributed by atoms with Crippen molar-refractivity contribution in [2.24, 2.45) is 5.92 Å². The highest BCUT2D eigenvalue weighted by Gasteiger charge is 2.26. The first kappa shape index (κ1) is 16.0. The molecule has 0 atom stereocenters. The van der Waals surface area contributed by atoms with Gasteiger partial charge < -0.3 is 10.2 Å². The number of carbonyl (C=O) groups is 1. The highest BCUT2D eigenvalue weighted by molar-refractivity contribution is 5.92. The molecular formula is C17H20N6O. The van der Waals surface area contributed by atoms with E-state index in [0.717, 1.165) is 44.0 Å². The summed E-state index contributed by atoms with van der Waals surface area (Å²) in [5.74, 6) is 0.839. The number of carbonyl (C=O) groups excluding carboxylic acids is 1. The molecule has 1 aliphatic heterocycles. The zero-order valence-corrected chi connectivity index (χ0v) is 13.6. The van der Waals surface area contributed by atoms with E-state index < -0.39 is 0 Å². The number of hydrogen-bond acceptors (Lipinski definition) is 5. The van der Waals surface area contributed by atoms with Gasteiger partial charge in [0, 0.05) is 31.7 Å². The number of piperidine rings is 1. The number of nitrogens with one attached hydrogen (secondary N) is 1. The molecule has 7 heteroatoms. The largest absolute Gasteiger partial charge is 0.357 e. The third kappa shape index (κ3) is 3.54. The number of aryl methyl sites for hydroxylation is 1. The van der Waals surface area contributed by atoms with Gasteiger partial charge in [0.25, 0.3) is 0 Å². The van der Waals surface area contributed by atoms with Crippen LogP contribution in [0.5, 0.6) is 0 Å². The van der Waals surface area contributed by atoms with Crippen LogP contribution in [0, 0.1) is 17.2 Å². The van der Waals surface area contributed by atoms with Crippen molar-refractivity contribution in [3.05, 3.63) is 36.3 Å². The van der Waals surface area contributed by atoms with Gasteiger partial charge in [-0.2, -0.15) is 10.4 Å². The maximum absolute atomic E-state index is 12.4. The SMILES string of the molecule is CCn1cc(NC(=O)C2CCN(c3cccc(C#N)n3)CC2)cn1. The highest BCUT2D eigenvalue weighted by Crippen LogP contribution is 2.23. The van der Waals surface area contributed by atoms with Crippen LogP contribution in [-0.4, -0.2) is 33.8 Å². The van der Waals surface area contributed by atoms with Gasteiger partial charge in [-0.1, -0.05) is 6.07 Å². The molecule has 3 heterocycles. The van der Waals surface area contributed by atoms with E-state index in [0.29, 0.717) is 5.69 Å². The molecule has 7 nitrogen and oxygen atoms in total. The van der Waals surface area contributed by atoms with Crippen LogP contribution in [-0.2, 0) is 11.3 Å². The van der Waals surface area contributed by atoms with Crippen LogP contribution in [0.15, 0.2) is 30.6 Å². The van der Waals surface area contributed by atoms with Crippen LogP contribution >= 0.6 is 0 Å². The van der Waals surface area contributed by atoms with Crippen molar-refractivity contribution in [2.75, 3.05) is 23.3 Å². The first-order valence-electron chi connectivity index (χ1n) is 8.15. The van der Waals surface area contributed by atoms with E-state index in [4.69, 9.17) is 5.26 Å². The van der Waals surface area contributed by atoms with Crippen molar-refractivity contribution < 1.29 is 4.79 Å². The van der Waals surface area contributed by atoms with Gasteiger partial charge in [0.2, 0.25) is 5.91 Å². The Balaban J connectivity index is 1.56. The number of nitriles is 1. The van der Waals surface area contributed by atoms with Crippen molar-refractivity contribution in [1.82, 2.24) is 14.8 Å². The van der Waals surface area contributed by atoms with Gasteiger partial charge in [0.15, 0.2) is 0 Å². The van der Waals surface area contributed by atoms with Crippen LogP contribution in [0.25, 0.3) is 0 Å². The highest BCUT2D eigenvalue weighted by atomic mass is 16.1. The van der Waals surface area contributed by atoms with Crippen molar-refractivity contribution in [3.63, 3.8) is 0 Å². The summed E-state index contributed by atoms with van der Waals surface area (Å²) in [4.78, 5) is 18.8. The van der Waals surface area contributed by atoms with Gasteiger partial charge >= 0.3 is 0 Å². The van der Waals surface area contributed by atoms with E-state index in [1.807, 2.05) is 25.3 Å². The summed E-state index contributed by atoms with van der Waals surface area (Å²) in [5, 5.41) is 16.0. The summed E-state index contributed by atoms with van der Waals surface area (Å²) in [6.45, 7) is 4.30. The number of amides is 1. The Hall–Kier alpha value is -2.88. The molecule has 0 aliphatic carbocycles. The fourth-order valence-electron chi connectivity index (χ4n) is 2.88. The lowest BCUT2D eigenvalue weighted by atomic mass is 9.96. The summed E-state index contributed by atoms with van der Waals surface area (Å²) in [6.07, 6.45) is 5.05. The smallest absolute Gasteiger partial charge is 0.227 e. The van der Waals surface area contributed by atoms with E-state index >= 15 is 0 Å². The molecule has 2 aromatic heterocycles. The molecule has 0 saturated carbocycles. The molecule has 0 radical (unpaired) electrons. The molecule has 124 valence electrons. The number of hydrogen-bond donors (Lipinski definition) is 1. The first-order chi connectivity index (χ1) is 11.7. The van der Waals surface area contributed by atoms with E-state index in [2.05, 4.69) is 26.4 Å². The molecule has 0 unspecified atom stereocenters. The van der Waals surface area contributed by atoms with Crippen LogP contribution in [0.4, 0.5) is 11.5 Å². The Kier molecular flexibility index (Phi) is 4.75. The number of nitrogens with zero attached hydrogens (tertiary/aromatic N) is 5. The minimum absolute atomic E-state index is 0.00891. The van der Waals surface area contributed by atoms with Gasteiger partial charge in [-0.05, 0) is 31.9 Å². The molecule has 3 rings (SSSR count). The molecule has 1 fully saturated rings. The lowest BCUT2D eigenvalue weighted by Gasteiger charge is -2.32. The van der Waals surface area contributed by atoms with E-state index in [-0.39, 0.29) is 11.8 Å². The van der Waals surface area contributed by atoms with Crippen LogP contribution in [0.2, 0.25) is 0 Å². The number of rotatable bonds is 4. The standard InChI is InChI=1S/C17H20N6O/c1-2-23-12-15(11-19-23)21-17(24)13-6-8-22(9-7-13)16-5-3-4-14(10-18)20-16/h3-5,11-13H,2,6-9H2,1H3,(H,21,24). The lowest BCUT2D eigenvalue weighted by molar-refractivity contribution is -0.120. The Morgan fingerprint density at radius 1 is 1.42 bits per heavy atom. The van der Waals surface area contributed by atoms with Crippen molar-refractivity contribution in [1.29, 1.82) is 5.26 Å².